The first-order valence-corrected chi connectivity index (χ1v) is 9.89. The quantitative estimate of drug-likeness (QED) is 0.475. The third-order valence-electron chi connectivity index (χ3n) is 5.61. The van der Waals surface area contributed by atoms with Crippen LogP contribution in [0.1, 0.15) is 28.9 Å². The molecule has 0 radical (unpaired) electrons. The molecule has 0 saturated carbocycles. The van der Waals surface area contributed by atoms with Gasteiger partial charge in [0, 0.05) is 41.4 Å². The zero-order chi connectivity index (χ0) is 19.3. The van der Waals surface area contributed by atoms with Gasteiger partial charge < -0.3 is 4.90 Å². The van der Waals surface area contributed by atoms with E-state index in [1.807, 2.05) is 13.1 Å². The highest BCUT2D eigenvalue weighted by Crippen LogP contribution is 2.37. The van der Waals surface area contributed by atoms with Crippen molar-refractivity contribution in [1.82, 2.24) is 14.4 Å². The normalized spacial score (nSPS) is 13.8. The molecule has 4 aromatic rings. The Bertz CT molecular complexity index is 1170. The SMILES string of the molecule is Cc1ccc(C)c(N2CCCc3nc4ccc(-c5ccc(C)nc5)cn4c32)c1. The monoisotopic (exact) mass is 368 g/mol. The third-order valence-corrected chi connectivity index (χ3v) is 5.61. The molecule has 1 aromatic carbocycles. The molecular formula is C24H24N4. The molecule has 4 heteroatoms. The lowest BCUT2D eigenvalue weighted by Crippen LogP contribution is -2.26. The molecule has 0 N–H and O–H groups in total. The van der Waals surface area contributed by atoms with Crippen LogP contribution in [0.3, 0.4) is 0 Å². The van der Waals surface area contributed by atoms with Gasteiger partial charge in [0.2, 0.25) is 0 Å². The fraction of sp³-hybridized carbons (Fsp3) is 0.250. The molecule has 0 bridgehead atoms. The average molecular weight is 368 g/mol. The zero-order valence-corrected chi connectivity index (χ0v) is 16.6. The highest BCUT2D eigenvalue weighted by molar-refractivity contribution is 5.73. The van der Waals surface area contributed by atoms with Crippen molar-refractivity contribution in [2.45, 2.75) is 33.6 Å². The third kappa shape index (κ3) is 2.76. The van der Waals surface area contributed by atoms with Crippen molar-refractivity contribution in [3.8, 4) is 11.1 Å². The minimum absolute atomic E-state index is 1.01. The summed E-state index contributed by atoms with van der Waals surface area (Å²) in [5.41, 5.74) is 9.38. The van der Waals surface area contributed by atoms with Crippen molar-refractivity contribution in [2.75, 3.05) is 11.4 Å². The minimum Gasteiger partial charge on any atom is -0.326 e. The number of aryl methyl sites for hydroxylation is 4. The Morgan fingerprint density at radius 3 is 2.61 bits per heavy atom. The summed E-state index contributed by atoms with van der Waals surface area (Å²) in [6, 6.07) is 15.1. The van der Waals surface area contributed by atoms with Gasteiger partial charge in [-0.25, -0.2) is 4.98 Å². The summed E-state index contributed by atoms with van der Waals surface area (Å²) >= 11 is 0. The number of hydrogen-bond donors (Lipinski definition) is 0. The van der Waals surface area contributed by atoms with Gasteiger partial charge in [-0.1, -0.05) is 18.2 Å². The van der Waals surface area contributed by atoms with Crippen LogP contribution >= 0.6 is 0 Å². The van der Waals surface area contributed by atoms with E-state index in [2.05, 4.69) is 76.8 Å². The summed E-state index contributed by atoms with van der Waals surface area (Å²) in [6.07, 6.45) is 6.30. The van der Waals surface area contributed by atoms with Gasteiger partial charge in [-0.05, 0) is 69.0 Å². The number of fused-ring (bicyclic) bond motifs is 3. The lowest BCUT2D eigenvalue weighted by molar-refractivity contribution is 0.742. The summed E-state index contributed by atoms with van der Waals surface area (Å²) in [4.78, 5) is 11.8. The predicted molar refractivity (Wildman–Crippen MR) is 114 cm³/mol. The van der Waals surface area contributed by atoms with Crippen LogP contribution < -0.4 is 4.90 Å². The molecule has 5 rings (SSSR count). The van der Waals surface area contributed by atoms with Crippen LogP contribution in [0.15, 0.2) is 54.9 Å². The van der Waals surface area contributed by atoms with Gasteiger partial charge in [0.25, 0.3) is 0 Å². The zero-order valence-electron chi connectivity index (χ0n) is 16.6. The maximum absolute atomic E-state index is 4.94. The Kier molecular flexibility index (Phi) is 3.93. The Morgan fingerprint density at radius 1 is 0.929 bits per heavy atom. The molecule has 4 heterocycles. The van der Waals surface area contributed by atoms with Crippen LogP contribution in [0.5, 0.6) is 0 Å². The van der Waals surface area contributed by atoms with Crippen molar-refractivity contribution in [2.24, 2.45) is 0 Å². The van der Waals surface area contributed by atoms with Crippen LogP contribution in [-0.4, -0.2) is 20.9 Å². The smallest absolute Gasteiger partial charge is 0.141 e. The van der Waals surface area contributed by atoms with Crippen LogP contribution in [0.4, 0.5) is 11.5 Å². The molecular weight excluding hydrogens is 344 g/mol. The molecule has 4 nitrogen and oxygen atoms in total. The second-order valence-electron chi connectivity index (χ2n) is 7.76. The number of rotatable bonds is 2. The maximum atomic E-state index is 4.94. The Balaban J connectivity index is 1.69. The molecule has 0 spiro atoms. The lowest BCUT2D eigenvalue weighted by Gasteiger charge is -2.30. The van der Waals surface area contributed by atoms with Gasteiger partial charge in [-0.15, -0.1) is 0 Å². The topological polar surface area (TPSA) is 33.4 Å². The average Bonchev–Trinajstić information content (AvgIpc) is 3.08. The van der Waals surface area contributed by atoms with E-state index in [1.54, 1.807) is 0 Å². The van der Waals surface area contributed by atoms with Gasteiger partial charge in [-0.3, -0.25) is 9.38 Å². The van der Waals surface area contributed by atoms with Gasteiger partial charge >= 0.3 is 0 Å². The van der Waals surface area contributed by atoms with Gasteiger partial charge in [-0.2, -0.15) is 0 Å². The minimum atomic E-state index is 1.01. The van der Waals surface area contributed by atoms with E-state index in [9.17, 15) is 0 Å². The van der Waals surface area contributed by atoms with Crippen LogP contribution in [0, 0.1) is 20.8 Å². The van der Waals surface area contributed by atoms with E-state index in [4.69, 9.17) is 4.98 Å². The number of hydrogen-bond acceptors (Lipinski definition) is 3. The summed E-state index contributed by atoms with van der Waals surface area (Å²) in [5.74, 6) is 1.21. The first-order valence-electron chi connectivity index (χ1n) is 9.89. The molecule has 1 aliphatic rings. The maximum Gasteiger partial charge on any atom is 0.141 e. The van der Waals surface area contributed by atoms with E-state index >= 15 is 0 Å². The summed E-state index contributed by atoms with van der Waals surface area (Å²) in [5, 5.41) is 0. The number of imidazole rings is 1. The first kappa shape index (κ1) is 17.0. The predicted octanol–water partition coefficient (Wildman–Crippen LogP) is 5.41. The second-order valence-corrected chi connectivity index (χ2v) is 7.76. The molecule has 140 valence electrons. The standard InChI is InChI=1S/C24H24N4/c1-16-6-7-17(2)22(13-16)27-12-4-5-21-24(27)28-15-20(10-11-23(28)26-21)19-9-8-18(3)25-14-19/h6-11,13-15H,4-5,12H2,1-3H3. The lowest BCUT2D eigenvalue weighted by atomic mass is 10.1. The van der Waals surface area contributed by atoms with Crippen LogP contribution in [0.25, 0.3) is 16.8 Å². The Labute approximate surface area is 165 Å². The highest BCUT2D eigenvalue weighted by Gasteiger charge is 2.25. The summed E-state index contributed by atoms with van der Waals surface area (Å²) in [6.45, 7) is 7.38. The Morgan fingerprint density at radius 2 is 1.79 bits per heavy atom. The number of pyridine rings is 2. The van der Waals surface area contributed by atoms with E-state index < -0.39 is 0 Å². The number of benzene rings is 1. The second kappa shape index (κ2) is 6.48. The van der Waals surface area contributed by atoms with Crippen LogP contribution in [-0.2, 0) is 6.42 Å². The molecule has 0 saturated heterocycles. The van der Waals surface area contributed by atoms with Crippen molar-refractivity contribution in [3.05, 3.63) is 77.4 Å². The molecule has 1 aliphatic heterocycles. The summed E-state index contributed by atoms with van der Waals surface area (Å²) < 4.78 is 2.26. The first-order chi connectivity index (χ1) is 13.6. The van der Waals surface area contributed by atoms with E-state index in [1.165, 1.54) is 28.3 Å². The van der Waals surface area contributed by atoms with E-state index in [0.717, 1.165) is 41.9 Å². The molecule has 28 heavy (non-hydrogen) atoms. The molecule has 0 fully saturated rings. The van der Waals surface area contributed by atoms with E-state index in [0.29, 0.717) is 0 Å². The Hall–Kier alpha value is -3.14. The number of anilines is 2. The van der Waals surface area contributed by atoms with Gasteiger partial charge in [0.05, 0.1) is 5.69 Å². The molecule has 3 aromatic heterocycles. The number of aromatic nitrogens is 3. The van der Waals surface area contributed by atoms with Crippen molar-refractivity contribution < 1.29 is 0 Å². The van der Waals surface area contributed by atoms with Gasteiger partial charge in [0.1, 0.15) is 11.5 Å². The molecule has 0 amide bonds. The van der Waals surface area contributed by atoms with Crippen molar-refractivity contribution in [1.29, 1.82) is 0 Å². The van der Waals surface area contributed by atoms with Crippen LogP contribution in [0.2, 0.25) is 0 Å². The molecule has 0 atom stereocenters. The van der Waals surface area contributed by atoms with Crippen molar-refractivity contribution in [3.63, 3.8) is 0 Å². The largest absolute Gasteiger partial charge is 0.326 e. The fourth-order valence-corrected chi connectivity index (χ4v) is 4.10. The number of nitrogens with zero attached hydrogens (tertiary/aromatic N) is 4. The fourth-order valence-electron chi connectivity index (χ4n) is 4.10. The summed E-state index contributed by atoms with van der Waals surface area (Å²) in [7, 11) is 0. The highest BCUT2D eigenvalue weighted by atomic mass is 15.3. The van der Waals surface area contributed by atoms with Crippen molar-refractivity contribution >= 4 is 17.2 Å². The van der Waals surface area contributed by atoms with Gasteiger partial charge in [0.15, 0.2) is 0 Å². The molecule has 0 aliphatic carbocycles. The van der Waals surface area contributed by atoms with E-state index in [-0.39, 0.29) is 0 Å². The molecule has 0 unspecified atom stereocenters.